The molecule has 1 N–H and O–H groups in total. The third-order valence-electron chi connectivity index (χ3n) is 2.07. The molecule has 0 radical (unpaired) electrons. The monoisotopic (exact) mass is 271 g/mol. The van der Waals surface area contributed by atoms with Crippen molar-refractivity contribution in [3.8, 4) is 0 Å². The highest BCUT2D eigenvalue weighted by atomic mass is 127. The molecule has 0 amide bonds. The second kappa shape index (κ2) is 4.92. The van der Waals surface area contributed by atoms with Crippen LogP contribution in [0.2, 0.25) is 0 Å². The van der Waals surface area contributed by atoms with Crippen LogP contribution in [0.5, 0.6) is 0 Å². The number of carboxylic acid groups (broad SMARTS) is 1. The van der Waals surface area contributed by atoms with E-state index in [9.17, 15) is 4.79 Å². The van der Waals surface area contributed by atoms with Crippen molar-refractivity contribution in [3.63, 3.8) is 0 Å². The van der Waals surface area contributed by atoms with Crippen LogP contribution in [0.3, 0.4) is 0 Å². The Hall–Kier alpha value is 0.160. The first-order chi connectivity index (χ1) is 4.70. The van der Waals surface area contributed by atoms with Crippen LogP contribution in [-0.2, 0) is 4.79 Å². The van der Waals surface area contributed by atoms with E-state index in [1.165, 1.54) is 0 Å². The summed E-state index contributed by atoms with van der Waals surface area (Å²) < 4.78 is 0. The number of halogens is 1. The van der Waals surface area contributed by atoms with Gasteiger partial charge in [0.15, 0.2) is 0 Å². The lowest BCUT2D eigenvalue weighted by Crippen LogP contribution is -2.33. The number of aliphatic carboxylic acids is 1. The zero-order valence-electron chi connectivity index (χ0n) is 6.62. The molecule has 1 saturated heterocycles. The van der Waals surface area contributed by atoms with E-state index in [1.54, 1.807) is 0 Å². The third kappa shape index (κ3) is 3.37. The molecule has 0 aromatic heterocycles. The van der Waals surface area contributed by atoms with Crippen molar-refractivity contribution in [1.29, 1.82) is 0 Å². The van der Waals surface area contributed by atoms with Crippen LogP contribution < -0.4 is 0 Å². The molecule has 4 heteroatoms. The van der Waals surface area contributed by atoms with Gasteiger partial charge in [-0.05, 0) is 33.0 Å². The molecule has 0 atom stereocenters. The summed E-state index contributed by atoms with van der Waals surface area (Å²) in [5.41, 5.74) is 0. The van der Waals surface area contributed by atoms with Gasteiger partial charge in [-0.3, -0.25) is 4.79 Å². The summed E-state index contributed by atoms with van der Waals surface area (Å²) in [5, 5.41) is 8.61. The van der Waals surface area contributed by atoms with Crippen molar-refractivity contribution < 1.29 is 9.90 Å². The molecule has 1 aliphatic heterocycles. The summed E-state index contributed by atoms with van der Waals surface area (Å²) in [4.78, 5) is 12.6. The molecule has 1 fully saturated rings. The number of hydrogen-bond acceptors (Lipinski definition) is 2. The van der Waals surface area contributed by atoms with Crippen LogP contribution in [0.1, 0.15) is 12.8 Å². The minimum Gasteiger partial charge on any atom is -0.481 e. The fraction of sp³-hybridized carbons (Fsp3) is 0.857. The summed E-state index contributed by atoms with van der Waals surface area (Å²) in [6.07, 6.45) is 1.62. The van der Waals surface area contributed by atoms with E-state index in [4.69, 9.17) is 5.11 Å². The van der Waals surface area contributed by atoms with Gasteiger partial charge in [0, 0.05) is 0 Å². The van der Waals surface area contributed by atoms with Crippen molar-refractivity contribution in [2.75, 3.05) is 20.1 Å². The summed E-state index contributed by atoms with van der Waals surface area (Å²) in [6, 6.07) is 0. The highest BCUT2D eigenvalue weighted by Crippen LogP contribution is 2.15. The quantitative estimate of drug-likeness (QED) is 0.724. The zero-order valence-corrected chi connectivity index (χ0v) is 8.95. The van der Waals surface area contributed by atoms with Gasteiger partial charge in [0.25, 0.3) is 0 Å². The second-order valence-corrected chi connectivity index (χ2v) is 2.92. The highest BCUT2D eigenvalue weighted by molar-refractivity contribution is 14.0. The Bertz CT molecular complexity index is 132. The lowest BCUT2D eigenvalue weighted by Gasteiger charge is -2.25. The SMILES string of the molecule is CN1CCC(C(=O)O)CC1.I. The normalized spacial score (nSPS) is 20.8. The van der Waals surface area contributed by atoms with Gasteiger partial charge < -0.3 is 10.0 Å². The number of carboxylic acids is 1. The third-order valence-corrected chi connectivity index (χ3v) is 2.07. The highest BCUT2D eigenvalue weighted by Gasteiger charge is 2.21. The molecule has 1 aliphatic rings. The minimum atomic E-state index is -0.631. The number of likely N-dealkylation sites (tertiary alicyclic amines) is 1. The van der Waals surface area contributed by atoms with Crippen molar-refractivity contribution >= 4 is 29.9 Å². The molecule has 0 aromatic carbocycles. The van der Waals surface area contributed by atoms with Gasteiger partial charge in [0.05, 0.1) is 5.92 Å². The van der Waals surface area contributed by atoms with Crippen LogP contribution in [0.15, 0.2) is 0 Å². The van der Waals surface area contributed by atoms with Gasteiger partial charge in [-0.25, -0.2) is 0 Å². The fourth-order valence-corrected chi connectivity index (χ4v) is 1.26. The molecule has 1 rings (SSSR count). The molecule has 0 spiro atoms. The number of rotatable bonds is 1. The topological polar surface area (TPSA) is 40.5 Å². The Labute approximate surface area is 83.8 Å². The lowest BCUT2D eigenvalue weighted by molar-refractivity contribution is -0.143. The van der Waals surface area contributed by atoms with Gasteiger partial charge in [-0.1, -0.05) is 0 Å². The van der Waals surface area contributed by atoms with Crippen molar-refractivity contribution in [2.45, 2.75) is 12.8 Å². The molecule has 0 saturated carbocycles. The lowest BCUT2D eigenvalue weighted by atomic mass is 9.98. The van der Waals surface area contributed by atoms with Crippen molar-refractivity contribution in [2.24, 2.45) is 5.92 Å². The van der Waals surface area contributed by atoms with E-state index in [0.29, 0.717) is 0 Å². The molecule has 0 bridgehead atoms. The Morgan fingerprint density at radius 3 is 2.27 bits per heavy atom. The number of piperidine rings is 1. The molecule has 0 unspecified atom stereocenters. The Morgan fingerprint density at radius 2 is 1.91 bits per heavy atom. The van der Waals surface area contributed by atoms with Crippen LogP contribution in [-0.4, -0.2) is 36.1 Å². The van der Waals surface area contributed by atoms with Crippen molar-refractivity contribution in [3.05, 3.63) is 0 Å². The maximum Gasteiger partial charge on any atom is 0.306 e. The predicted octanol–water partition coefficient (Wildman–Crippen LogP) is 1.03. The van der Waals surface area contributed by atoms with Crippen LogP contribution in [0, 0.1) is 5.92 Å². The number of nitrogens with zero attached hydrogens (tertiary/aromatic N) is 1. The number of carbonyl (C=O) groups is 1. The first-order valence-corrected chi connectivity index (χ1v) is 3.61. The largest absolute Gasteiger partial charge is 0.481 e. The molecule has 66 valence electrons. The summed E-state index contributed by atoms with van der Waals surface area (Å²) in [5.74, 6) is -0.718. The summed E-state index contributed by atoms with van der Waals surface area (Å²) in [6.45, 7) is 1.86. The summed E-state index contributed by atoms with van der Waals surface area (Å²) >= 11 is 0. The van der Waals surface area contributed by atoms with Crippen LogP contribution >= 0.6 is 24.0 Å². The average Bonchev–Trinajstić information content (AvgIpc) is 1.88. The van der Waals surface area contributed by atoms with Gasteiger partial charge in [-0.15, -0.1) is 24.0 Å². The molecule has 1 heterocycles. The maximum absolute atomic E-state index is 10.4. The average molecular weight is 271 g/mol. The molecule has 3 nitrogen and oxygen atoms in total. The van der Waals surface area contributed by atoms with E-state index >= 15 is 0 Å². The Morgan fingerprint density at radius 1 is 1.45 bits per heavy atom. The van der Waals surface area contributed by atoms with E-state index in [0.717, 1.165) is 25.9 Å². The van der Waals surface area contributed by atoms with Crippen LogP contribution in [0.25, 0.3) is 0 Å². The first-order valence-electron chi connectivity index (χ1n) is 3.61. The first kappa shape index (κ1) is 11.2. The molecule has 0 aliphatic carbocycles. The van der Waals surface area contributed by atoms with Gasteiger partial charge >= 0.3 is 5.97 Å². The Balaban J connectivity index is 0.000001000. The van der Waals surface area contributed by atoms with Crippen molar-refractivity contribution in [1.82, 2.24) is 4.90 Å². The maximum atomic E-state index is 10.4. The molecular formula is C7H14INO2. The second-order valence-electron chi connectivity index (χ2n) is 2.92. The van der Waals surface area contributed by atoms with E-state index < -0.39 is 5.97 Å². The van der Waals surface area contributed by atoms with Crippen LogP contribution in [0.4, 0.5) is 0 Å². The van der Waals surface area contributed by atoms with Gasteiger partial charge in [0.2, 0.25) is 0 Å². The zero-order chi connectivity index (χ0) is 7.56. The standard InChI is InChI=1S/C7H13NO2.HI/c1-8-4-2-6(3-5-8)7(9)10;/h6H,2-5H2,1H3,(H,9,10);1H. The fourth-order valence-electron chi connectivity index (χ4n) is 1.26. The smallest absolute Gasteiger partial charge is 0.306 e. The summed E-state index contributed by atoms with van der Waals surface area (Å²) in [7, 11) is 2.03. The van der Waals surface area contributed by atoms with Gasteiger partial charge in [0.1, 0.15) is 0 Å². The number of hydrogen-bond donors (Lipinski definition) is 1. The molecule has 11 heavy (non-hydrogen) atoms. The van der Waals surface area contributed by atoms with Gasteiger partial charge in [-0.2, -0.15) is 0 Å². The molecule has 0 aromatic rings. The molecular weight excluding hydrogens is 257 g/mol. The minimum absolute atomic E-state index is 0. The Kier molecular flexibility index (Phi) is 4.99. The van der Waals surface area contributed by atoms with E-state index in [2.05, 4.69) is 4.90 Å². The predicted molar refractivity (Wildman–Crippen MR) is 53.3 cm³/mol. The van der Waals surface area contributed by atoms with E-state index in [-0.39, 0.29) is 29.9 Å². The van der Waals surface area contributed by atoms with E-state index in [1.807, 2.05) is 7.05 Å².